The van der Waals surface area contributed by atoms with Crippen molar-refractivity contribution in [1.82, 2.24) is 39.9 Å². The maximum Gasteiger partial charge on any atom is 3.00 e. The molecule has 0 unspecified atom stereocenters. The monoisotopic (exact) mass is 1510 g/mol. The molecule has 7 aliphatic heterocycles. The maximum absolute atomic E-state index is 10.3. The van der Waals surface area contributed by atoms with Gasteiger partial charge in [-0.1, -0.05) is 62.4 Å². The van der Waals surface area contributed by atoms with Crippen molar-refractivity contribution in [3.8, 4) is 12.1 Å². The zero-order chi connectivity index (χ0) is 73.6. The van der Waals surface area contributed by atoms with Gasteiger partial charge < -0.3 is 58.6 Å². The van der Waals surface area contributed by atoms with E-state index in [1.165, 1.54) is 39.8 Å². The molecule has 0 saturated carbocycles. The Hall–Kier alpha value is -11.5. The second-order valence-electron chi connectivity index (χ2n) is 21.5. The number of hydrogen-bond donors (Lipinski definition) is 0. The van der Waals surface area contributed by atoms with Crippen molar-refractivity contribution in [3.63, 3.8) is 0 Å². The predicted octanol–water partition coefficient (Wildman–Crippen LogP) is 9.32. The molecule has 3 fully saturated rings. The number of carbonyl (C=O) groups is 2. The second-order valence-corrected chi connectivity index (χ2v) is 21.5. The zero-order valence-electron chi connectivity index (χ0n) is 58.6. The van der Waals surface area contributed by atoms with E-state index < -0.39 is 23.1 Å². The summed E-state index contributed by atoms with van der Waals surface area (Å²) in [7, 11) is 0. The Morgan fingerprint density at radius 3 is 0.660 bits per heavy atom. The molecule has 8 aromatic rings. The number of pyridine rings is 4. The van der Waals surface area contributed by atoms with Gasteiger partial charge in [-0.2, -0.15) is 35.3 Å². The maximum atomic E-state index is 10.3. The van der Waals surface area contributed by atoms with E-state index in [0.29, 0.717) is 0 Å². The van der Waals surface area contributed by atoms with E-state index in [-0.39, 0.29) is 44.7 Å². The van der Waals surface area contributed by atoms with E-state index in [1.807, 2.05) is 146 Å². The summed E-state index contributed by atoms with van der Waals surface area (Å²) >= 11 is 0. The normalized spacial score (nSPS) is 16.6. The summed E-state index contributed by atoms with van der Waals surface area (Å²) in [6.07, 6.45) is 44.2. The first-order chi connectivity index (χ1) is 51.0. The Labute approximate surface area is 636 Å². The topological polar surface area (TPSA) is 341 Å². The van der Waals surface area contributed by atoms with Crippen LogP contribution in [0.2, 0.25) is 0 Å². The fourth-order valence-corrected chi connectivity index (χ4v) is 9.50. The molecule has 106 heavy (non-hydrogen) atoms. The van der Waals surface area contributed by atoms with Crippen molar-refractivity contribution < 1.29 is 81.8 Å². The van der Waals surface area contributed by atoms with Crippen LogP contribution >= 0.6 is 0 Å². The Morgan fingerprint density at radius 2 is 0.547 bits per heavy atom. The number of rotatable bonds is 10. The molecule has 0 radical (unpaired) electrons. The molecule has 15 heterocycles. The number of hydrogen-bond acceptors (Lipinski definition) is 20. The van der Waals surface area contributed by atoms with Crippen LogP contribution in [0.1, 0.15) is 72.7 Å². The standard InChI is InChI=1S/4C14H10N3.2C6H7NO2.3C4H8O2.2Co/c4*1-3-12(16-7-1)14(13-4-2-8-17-13)11-5-9-15-10-6-11;2*1-4(8)6(3-7)5(2)9;3*1-2-6-4-3-5-1;;/h4*1-10H;2*8H,1-2H3;3*1-4H2;;/q4*-1;;;;;;2*+3/p-2/b4*14-12-;2*6-4-;;;;;. The number of aromatic nitrogens is 8. The van der Waals surface area contributed by atoms with Crippen LogP contribution in [0.5, 0.6) is 0 Å². The van der Waals surface area contributed by atoms with Crippen molar-refractivity contribution in [3.05, 3.63) is 311 Å². The summed E-state index contributed by atoms with van der Waals surface area (Å²) in [5, 5.41) is 36.9. The van der Waals surface area contributed by atoms with Crippen LogP contribution in [-0.2, 0) is 71.6 Å². The van der Waals surface area contributed by atoms with Gasteiger partial charge in [-0.25, -0.2) is 0 Å². The fraction of sp³-hybridized carbons (Fsp3) is 0.200. The third-order valence-electron chi connectivity index (χ3n) is 14.2. The molecule has 0 aliphatic carbocycles. The number of allylic oxidation sites excluding steroid dienone is 12. The first kappa shape index (κ1) is 85.1. The fourth-order valence-electron chi connectivity index (χ4n) is 9.50. The largest absolute Gasteiger partial charge is 3.00 e. The van der Waals surface area contributed by atoms with Gasteiger partial charge >= 0.3 is 33.6 Å². The van der Waals surface area contributed by atoms with Gasteiger partial charge in [-0.05, 0) is 156 Å². The van der Waals surface area contributed by atoms with Crippen LogP contribution < -0.4 is 30.1 Å². The van der Waals surface area contributed by atoms with E-state index >= 15 is 0 Å². The molecule has 24 nitrogen and oxygen atoms in total. The number of ketones is 2. The summed E-state index contributed by atoms with van der Waals surface area (Å²) in [5.74, 6) is -1.87. The molecule has 0 aromatic carbocycles. The first-order valence-electron chi connectivity index (χ1n) is 32.8. The number of carbonyl (C=O) groups excluding carboxylic acids is 2. The average molecular weight is 1510 g/mol. The Morgan fingerprint density at radius 1 is 0.349 bits per heavy atom. The summed E-state index contributed by atoms with van der Waals surface area (Å²) in [4.78, 5) is 71.6. The van der Waals surface area contributed by atoms with Crippen LogP contribution in [0.4, 0.5) is 0 Å². The molecule has 15 rings (SSSR count). The molecule has 0 atom stereocenters. The van der Waals surface area contributed by atoms with Gasteiger partial charge in [0, 0.05) is 74.4 Å². The van der Waals surface area contributed by atoms with E-state index in [1.54, 1.807) is 99.2 Å². The molecule has 8 aromatic heterocycles. The quantitative estimate of drug-likeness (QED) is 0.0698. The summed E-state index contributed by atoms with van der Waals surface area (Å²) in [5.41, 5.74) is 15.5. The van der Waals surface area contributed by atoms with Crippen LogP contribution in [0.25, 0.3) is 22.3 Å². The second kappa shape index (κ2) is 50.0. The predicted molar refractivity (Wildman–Crippen MR) is 394 cm³/mol. The van der Waals surface area contributed by atoms with Crippen molar-refractivity contribution >= 4 is 58.7 Å². The molecule has 0 bridgehead atoms. The van der Waals surface area contributed by atoms with Crippen LogP contribution in [0, 0.1) is 22.7 Å². The van der Waals surface area contributed by atoms with Crippen LogP contribution in [0.3, 0.4) is 0 Å². The minimum absolute atomic E-state index is 0. The van der Waals surface area contributed by atoms with Crippen molar-refractivity contribution in [2.24, 2.45) is 20.0 Å². The number of ether oxygens (including phenoxy) is 6. The van der Waals surface area contributed by atoms with Crippen LogP contribution in [0.15, 0.2) is 285 Å². The molecular weight excluding hydrogens is 1430 g/mol. The molecule has 544 valence electrons. The van der Waals surface area contributed by atoms with E-state index in [4.69, 9.17) is 38.9 Å². The van der Waals surface area contributed by atoms with Crippen molar-refractivity contribution in [2.75, 3.05) is 79.3 Å². The summed E-state index contributed by atoms with van der Waals surface area (Å²) < 4.78 is 29.7. The molecule has 0 amide bonds. The summed E-state index contributed by atoms with van der Waals surface area (Å²) in [6, 6.07) is 34.5. The Kier molecular flexibility index (Phi) is 40.2. The summed E-state index contributed by atoms with van der Waals surface area (Å²) in [6.45, 7) is 14.1. The molecule has 3 saturated heterocycles. The van der Waals surface area contributed by atoms with Gasteiger partial charge in [0.2, 0.25) is 0 Å². The van der Waals surface area contributed by atoms with Gasteiger partial charge in [0.1, 0.15) is 12.1 Å². The SMILES string of the molecule is C1=C/C(=C(\c2ccncc2)c2ccc[n-]2)N=C1.C1=C/C(=C(\c2ccncc2)c2ccc[n-]2)N=C1.C1=C/C(=C(\c2ccncc2)c2ccc[n-]2)N=C1.C1=C/C(=C(\c2ccncc2)c2ccc[n-]2)N=C1.C1COCCO1.C1COCCO1.C1COCCO1.CC(=O)/C(C#N)=C(/C)[O-].CC(=O)/C(C#N)=C(/C)[O-].[Co+3].[Co+3]. The molecule has 0 spiro atoms. The number of aliphatic imine (C=N–C) groups is 4. The molecule has 0 N–H and O–H groups in total. The molecular formula is C80H76Co2N14O10. The van der Waals surface area contributed by atoms with E-state index in [2.05, 4.69) is 59.8 Å². The van der Waals surface area contributed by atoms with Crippen LogP contribution in [-0.4, -0.2) is 136 Å². The average Bonchev–Trinajstić information content (AvgIpc) is 1.69. The minimum Gasteiger partial charge on any atom is -0.875 e. The number of Topliss-reactive ketones (excluding diaryl/α,β-unsaturated/α-hetero) is 2. The molecule has 7 aliphatic rings. The van der Waals surface area contributed by atoms with Crippen molar-refractivity contribution in [2.45, 2.75) is 27.7 Å². The van der Waals surface area contributed by atoms with E-state index in [0.717, 1.165) is 169 Å². The number of nitrogens with zero attached hydrogens (tertiary/aromatic N) is 14. The molecule has 26 heteroatoms. The Balaban J connectivity index is 0.000000220. The van der Waals surface area contributed by atoms with Gasteiger partial charge in [-0.3, -0.25) is 49.5 Å². The zero-order valence-corrected chi connectivity index (χ0v) is 60.7. The smallest absolute Gasteiger partial charge is 0.875 e. The third-order valence-corrected chi connectivity index (χ3v) is 14.2. The van der Waals surface area contributed by atoms with Gasteiger partial charge in [0.15, 0.2) is 11.6 Å². The number of nitriles is 2. The minimum atomic E-state index is -0.468. The first-order valence-corrected chi connectivity index (χ1v) is 32.8. The van der Waals surface area contributed by atoms with Gasteiger partial charge in [-0.15, -0.1) is 34.3 Å². The van der Waals surface area contributed by atoms with Gasteiger partial charge in [0.05, 0.1) is 113 Å². The Bertz CT molecular complexity index is 3860. The van der Waals surface area contributed by atoms with E-state index in [9.17, 15) is 19.8 Å². The van der Waals surface area contributed by atoms with Gasteiger partial charge in [0.25, 0.3) is 0 Å². The van der Waals surface area contributed by atoms with Crippen molar-refractivity contribution in [1.29, 1.82) is 10.5 Å². The third kappa shape index (κ3) is 29.3.